The third-order valence-corrected chi connectivity index (χ3v) is 4.53. The number of benzene rings is 2. The molecule has 3 rings (SSSR count). The molecular weight excluding hydrogens is 370 g/mol. The number of H-pyrrole nitrogens is 1. The maximum Gasteiger partial charge on any atom is 0.407 e. The predicted molar refractivity (Wildman–Crippen MR) is 111 cm³/mol. The molecule has 0 radical (unpaired) electrons. The zero-order chi connectivity index (χ0) is 21.2. The molecule has 1 heterocycles. The number of hydrogen-bond acceptors (Lipinski definition) is 4. The molecule has 29 heavy (non-hydrogen) atoms. The summed E-state index contributed by atoms with van der Waals surface area (Å²) in [5.41, 5.74) is 3.14. The smallest absolute Gasteiger partial charge is 0.407 e. The molecular formula is C22H25N3O4. The van der Waals surface area contributed by atoms with Crippen molar-refractivity contribution in [3.8, 4) is 11.1 Å². The first-order valence-electron chi connectivity index (χ1n) is 9.42. The van der Waals surface area contributed by atoms with Crippen molar-refractivity contribution in [3.05, 3.63) is 53.7 Å². The molecule has 3 N–H and O–H groups in total. The van der Waals surface area contributed by atoms with Crippen molar-refractivity contribution < 1.29 is 19.4 Å². The molecule has 152 valence electrons. The van der Waals surface area contributed by atoms with Crippen molar-refractivity contribution in [2.45, 2.75) is 39.2 Å². The molecule has 0 aliphatic carbocycles. The number of hydrogen-bond donors (Lipinski definition) is 3. The summed E-state index contributed by atoms with van der Waals surface area (Å²) in [5.74, 6) is -0.943. The molecule has 0 bridgehead atoms. The van der Waals surface area contributed by atoms with Crippen LogP contribution in [0.3, 0.4) is 0 Å². The van der Waals surface area contributed by atoms with Crippen molar-refractivity contribution in [2.75, 3.05) is 6.54 Å². The van der Waals surface area contributed by atoms with Crippen molar-refractivity contribution in [2.24, 2.45) is 0 Å². The number of aromatic nitrogens is 2. The number of nitrogens with one attached hydrogen (secondary N) is 2. The second-order valence-corrected chi connectivity index (χ2v) is 8.04. The van der Waals surface area contributed by atoms with Gasteiger partial charge < -0.3 is 15.2 Å². The number of ether oxygens (including phenoxy) is 1. The van der Waals surface area contributed by atoms with E-state index in [4.69, 9.17) is 4.74 Å². The van der Waals surface area contributed by atoms with Crippen LogP contribution in [0, 0.1) is 0 Å². The molecule has 7 heteroatoms. The Morgan fingerprint density at radius 1 is 1.14 bits per heavy atom. The van der Waals surface area contributed by atoms with E-state index in [1.807, 2.05) is 70.2 Å². The SMILES string of the molecule is CC(CNC(=O)OC(C)(C)C)c1ccc(-c2ccc3[nH]nc(C(=O)O)c3c2)cc1. The molecule has 0 aliphatic heterocycles. The lowest BCUT2D eigenvalue weighted by atomic mass is 9.97. The highest BCUT2D eigenvalue weighted by Gasteiger charge is 2.17. The number of fused-ring (bicyclic) bond motifs is 1. The first-order chi connectivity index (χ1) is 13.6. The standard InChI is InChI=1S/C22H25N3O4/c1-13(12-23-21(28)29-22(2,3)4)14-5-7-15(8-6-14)16-9-10-18-17(11-16)19(20(26)27)25-24-18/h5-11,13H,12H2,1-4H3,(H,23,28)(H,24,25)(H,26,27). The minimum absolute atomic E-state index is 0.0142. The zero-order valence-electron chi connectivity index (χ0n) is 16.9. The zero-order valence-corrected chi connectivity index (χ0v) is 16.9. The minimum Gasteiger partial charge on any atom is -0.476 e. The van der Waals surface area contributed by atoms with Gasteiger partial charge in [-0.1, -0.05) is 37.3 Å². The number of amides is 1. The summed E-state index contributed by atoms with van der Waals surface area (Å²) in [4.78, 5) is 23.1. The van der Waals surface area contributed by atoms with E-state index in [2.05, 4.69) is 15.5 Å². The average Bonchev–Trinajstić information content (AvgIpc) is 3.08. The van der Waals surface area contributed by atoms with Crippen LogP contribution in [0.2, 0.25) is 0 Å². The van der Waals surface area contributed by atoms with Crippen molar-refractivity contribution >= 4 is 23.0 Å². The molecule has 1 amide bonds. The summed E-state index contributed by atoms with van der Waals surface area (Å²) in [6, 6.07) is 13.6. The van der Waals surface area contributed by atoms with Crippen LogP contribution in [0.15, 0.2) is 42.5 Å². The molecule has 1 aromatic heterocycles. The quantitative estimate of drug-likeness (QED) is 0.588. The fraction of sp³-hybridized carbons (Fsp3) is 0.318. The van der Waals surface area contributed by atoms with Crippen LogP contribution in [-0.4, -0.2) is 39.5 Å². The number of aromatic carboxylic acids is 1. The predicted octanol–water partition coefficient (Wildman–Crippen LogP) is 4.56. The Labute approximate surface area is 169 Å². The summed E-state index contributed by atoms with van der Waals surface area (Å²) in [6.45, 7) is 7.99. The molecule has 0 aliphatic rings. The van der Waals surface area contributed by atoms with E-state index in [-0.39, 0.29) is 11.6 Å². The Morgan fingerprint density at radius 3 is 2.41 bits per heavy atom. The van der Waals surface area contributed by atoms with Gasteiger partial charge in [0.15, 0.2) is 5.69 Å². The van der Waals surface area contributed by atoms with Crippen LogP contribution < -0.4 is 5.32 Å². The lowest BCUT2D eigenvalue weighted by Crippen LogP contribution is -2.34. The number of aromatic amines is 1. The number of carbonyl (C=O) groups excluding carboxylic acids is 1. The van der Waals surface area contributed by atoms with E-state index in [1.54, 1.807) is 0 Å². The van der Waals surface area contributed by atoms with Gasteiger partial charge in [-0.25, -0.2) is 9.59 Å². The van der Waals surface area contributed by atoms with E-state index in [1.165, 1.54) is 0 Å². The first-order valence-corrected chi connectivity index (χ1v) is 9.42. The highest BCUT2D eigenvalue weighted by molar-refractivity contribution is 6.02. The molecule has 0 spiro atoms. The van der Waals surface area contributed by atoms with E-state index >= 15 is 0 Å². The van der Waals surface area contributed by atoms with Crippen LogP contribution in [0.1, 0.15) is 49.7 Å². The third-order valence-electron chi connectivity index (χ3n) is 4.53. The summed E-state index contributed by atoms with van der Waals surface area (Å²) in [5, 5.41) is 19.2. The van der Waals surface area contributed by atoms with Gasteiger partial charge in [0, 0.05) is 11.9 Å². The number of nitrogens with zero attached hydrogens (tertiary/aromatic N) is 1. The molecule has 0 saturated carbocycles. The number of alkyl carbamates (subject to hydrolysis) is 1. The van der Waals surface area contributed by atoms with Crippen LogP contribution in [0.25, 0.3) is 22.0 Å². The topological polar surface area (TPSA) is 104 Å². The van der Waals surface area contributed by atoms with Gasteiger partial charge in [-0.3, -0.25) is 5.10 Å². The lowest BCUT2D eigenvalue weighted by molar-refractivity contribution is 0.0524. The van der Waals surface area contributed by atoms with Crippen molar-refractivity contribution in [1.82, 2.24) is 15.5 Å². The Balaban J connectivity index is 1.71. The summed E-state index contributed by atoms with van der Waals surface area (Å²) >= 11 is 0. The van der Waals surface area contributed by atoms with Gasteiger partial charge >= 0.3 is 12.1 Å². The Kier molecular flexibility index (Phi) is 5.59. The van der Waals surface area contributed by atoms with Crippen LogP contribution >= 0.6 is 0 Å². The number of rotatable bonds is 5. The Hall–Kier alpha value is -3.35. The van der Waals surface area contributed by atoms with Crippen LogP contribution in [0.4, 0.5) is 4.79 Å². The fourth-order valence-corrected chi connectivity index (χ4v) is 3.03. The van der Waals surface area contributed by atoms with E-state index in [9.17, 15) is 14.7 Å². The van der Waals surface area contributed by atoms with E-state index in [0.717, 1.165) is 16.7 Å². The Morgan fingerprint density at radius 2 is 1.79 bits per heavy atom. The van der Waals surface area contributed by atoms with Crippen molar-refractivity contribution in [3.63, 3.8) is 0 Å². The van der Waals surface area contributed by atoms with Gasteiger partial charge in [0.2, 0.25) is 0 Å². The largest absolute Gasteiger partial charge is 0.476 e. The van der Waals surface area contributed by atoms with Crippen LogP contribution in [-0.2, 0) is 4.74 Å². The van der Waals surface area contributed by atoms with Crippen molar-refractivity contribution in [1.29, 1.82) is 0 Å². The first kappa shape index (κ1) is 20.4. The van der Waals surface area contributed by atoms with Gasteiger partial charge in [-0.2, -0.15) is 5.10 Å². The minimum atomic E-state index is -1.06. The molecule has 2 aromatic carbocycles. The summed E-state index contributed by atoms with van der Waals surface area (Å²) < 4.78 is 5.26. The molecule has 1 atom stereocenters. The van der Waals surface area contributed by atoms with Gasteiger partial charge in [-0.15, -0.1) is 0 Å². The molecule has 0 saturated heterocycles. The second-order valence-electron chi connectivity index (χ2n) is 8.04. The van der Waals surface area contributed by atoms with Gasteiger partial charge in [-0.05, 0) is 55.5 Å². The number of carboxylic acids is 1. The summed E-state index contributed by atoms with van der Waals surface area (Å²) in [7, 11) is 0. The third kappa shape index (κ3) is 4.93. The highest BCUT2D eigenvalue weighted by Crippen LogP contribution is 2.27. The monoisotopic (exact) mass is 395 g/mol. The fourth-order valence-electron chi connectivity index (χ4n) is 3.03. The molecule has 1 unspecified atom stereocenters. The average molecular weight is 395 g/mol. The van der Waals surface area contributed by atoms with Gasteiger partial charge in [0.25, 0.3) is 0 Å². The van der Waals surface area contributed by atoms with E-state index in [0.29, 0.717) is 17.4 Å². The maximum atomic E-state index is 11.8. The maximum absolute atomic E-state index is 11.8. The highest BCUT2D eigenvalue weighted by atomic mass is 16.6. The summed E-state index contributed by atoms with van der Waals surface area (Å²) in [6.07, 6.45) is -0.427. The van der Waals surface area contributed by atoms with E-state index < -0.39 is 17.7 Å². The second kappa shape index (κ2) is 7.95. The van der Waals surface area contributed by atoms with Gasteiger partial charge in [0.1, 0.15) is 5.60 Å². The molecule has 0 fully saturated rings. The molecule has 7 nitrogen and oxygen atoms in total. The van der Waals surface area contributed by atoms with Gasteiger partial charge in [0.05, 0.1) is 5.52 Å². The normalized spacial score (nSPS) is 12.6. The number of carboxylic acid groups (broad SMARTS) is 1. The lowest BCUT2D eigenvalue weighted by Gasteiger charge is -2.21. The van der Waals surface area contributed by atoms with Crippen LogP contribution in [0.5, 0.6) is 0 Å². The molecule has 3 aromatic rings. The number of carbonyl (C=O) groups is 2. The Bertz CT molecular complexity index is 1030.